The van der Waals surface area contributed by atoms with E-state index in [0.717, 1.165) is 37.2 Å². The summed E-state index contributed by atoms with van der Waals surface area (Å²) in [5.41, 5.74) is 4.22. The first-order valence-electron chi connectivity index (χ1n) is 8.48. The van der Waals surface area contributed by atoms with Crippen LogP contribution in [-0.2, 0) is 6.54 Å². The number of rotatable bonds is 5. The lowest BCUT2D eigenvalue weighted by Crippen LogP contribution is -2.28. The molecular weight excluding hydrogens is 300 g/mol. The second-order valence-corrected chi connectivity index (χ2v) is 6.68. The van der Waals surface area contributed by atoms with Gasteiger partial charge in [-0.1, -0.05) is 30.3 Å². The van der Waals surface area contributed by atoms with E-state index in [4.69, 9.17) is 4.63 Å². The van der Waals surface area contributed by atoms with Crippen LogP contribution < -0.4 is 4.90 Å². The van der Waals surface area contributed by atoms with E-state index < -0.39 is 0 Å². The molecule has 2 aromatic carbocycles. The zero-order chi connectivity index (χ0) is 16.4. The van der Waals surface area contributed by atoms with Crippen LogP contribution in [0.4, 0.5) is 5.69 Å². The lowest BCUT2D eigenvalue weighted by Gasteiger charge is -2.22. The average Bonchev–Trinajstić information content (AvgIpc) is 3.25. The van der Waals surface area contributed by atoms with Crippen LogP contribution in [0.3, 0.4) is 0 Å². The maximum Gasteiger partial charge on any atom is 0.139 e. The Labute approximate surface area is 141 Å². The van der Waals surface area contributed by atoms with Crippen LogP contribution in [-0.4, -0.2) is 41.9 Å². The average molecular weight is 322 g/mol. The minimum atomic E-state index is 0.699. The SMILES string of the molecule is CN(Cc1cccc2nonc12)CC1CCN(c2ccccc2)C1. The Morgan fingerprint density at radius 1 is 1.12 bits per heavy atom. The lowest BCUT2D eigenvalue weighted by atomic mass is 10.1. The maximum atomic E-state index is 4.86. The van der Waals surface area contributed by atoms with Crippen molar-refractivity contribution in [3.63, 3.8) is 0 Å². The largest absolute Gasteiger partial charge is 0.371 e. The van der Waals surface area contributed by atoms with Crippen molar-refractivity contribution in [2.45, 2.75) is 13.0 Å². The number of para-hydroxylation sites is 1. The highest BCUT2D eigenvalue weighted by molar-refractivity contribution is 5.76. The number of hydrogen-bond acceptors (Lipinski definition) is 5. The molecule has 0 saturated carbocycles. The summed E-state index contributed by atoms with van der Waals surface area (Å²) in [6.45, 7) is 4.23. The van der Waals surface area contributed by atoms with Gasteiger partial charge < -0.3 is 9.80 Å². The maximum absolute atomic E-state index is 4.86. The van der Waals surface area contributed by atoms with E-state index in [1.165, 1.54) is 17.7 Å². The van der Waals surface area contributed by atoms with Gasteiger partial charge in [0.1, 0.15) is 11.0 Å². The van der Waals surface area contributed by atoms with E-state index in [1.807, 2.05) is 12.1 Å². The fourth-order valence-corrected chi connectivity index (χ4v) is 3.64. The summed E-state index contributed by atoms with van der Waals surface area (Å²) >= 11 is 0. The Kier molecular flexibility index (Phi) is 4.17. The molecule has 3 aromatic rings. The minimum absolute atomic E-state index is 0.699. The first-order chi connectivity index (χ1) is 11.8. The number of benzene rings is 2. The Balaban J connectivity index is 1.37. The van der Waals surface area contributed by atoms with Gasteiger partial charge in [-0.05, 0) is 53.5 Å². The summed E-state index contributed by atoms with van der Waals surface area (Å²) < 4.78 is 4.86. The summed E-state index contributed by atoms with van der Waals surface area (Å²) in [5.74, 6) is 0.699. The van der Waals surface area contributed by atoms with Crippen LogP contribution in [0.2, 0.25) is 0 Å². The van der Waals surface area contributed by atoms with Gasteiger partial charge in [0.05, 0.1) is 0 Å². The quantitative estimate of drug-likeness (QED) is 0.722. The van der Waals surface area contributed by atoms with Crippen LogP contribution in [0.15, 0.2) is 53.2 Å². The van der Waals surface area contributed by atoms with Gasteiger partial charge in [0.2, 0.25) is 0 Å². The molecule has 1 fully saturated rings. The van der Waals surface area contributed by atoms with E-state index in [1.54, 1.807) is 0 Å². The van der Waals surface area contributed by atoms with Gasteiger partial charge in [-0.2, -0.15) is 0 Å². The van der Waals surface area contributed by atoms with Crippen molar-refractivity contribution in [2.24, 2.45) is 5.92 Å². The molecule has 1 aromatic heterocycles. The number of fused-ring (bicyclic) bond motifs is 1. The molecule has 5 nitrogen and oxygen atoms in total. The first kappa shape index (κ1) is 15.1. The van der Waals surface area contributed by atoms with Crippen molar-refractivity contribution in [3.05, 3.63) is 54.1 Å². The zero-order valence-electron chi connectivity index (χ0n) is 13.9. The molecule has 124 valence electrons. The highest BCUT2D eigenvalue weighted by Gasteiger charge is 2.24. The number of anilines is 1. The Morgan fingerprint density at radius 3 is 2.88 bits per heavy atom. The molecule has 1 aliphatic heterocycles. The molecule has 1 unspecified atom stereocenters. The van der Waals surface area contributed by atoms with Gasteiger partial charge >= 0.3 is 0 Å². The number of nitrogens with zero attached hydrogens (tertiary/aromatic N) is 4. The molecule has 0 aliphatic carbocycles. The van der Waals surface area contributed by atoms with Gasteiger partial charge in [-0.15, -0.1) is 0 Å². The number of aromatic nitrogens is 2. The second kappa shape index (κ2) is 6.61. The molecule has 24 heavy (non-hydrogen) atoms. The molecule has 0 spiro atoms. The summed E-state index contributed by atoms with van der Waals surface area (Å²) in [6.07, 6.45) is 1.24. The molecule has 4 rings (SSSR count). The molecule has 1 saturated heterocycles. The van der Waals surface area contributed by atoms with E-state index in [2.05, 4.69) is 63.6 Å². The normalized spacial score (nSPS) is 17.9. The molecule has 0 N–H and O–H groups in total. The fourth-order valence-electron chi connectivity index (χ4n) is 3.64. The standard InChI is InChI=1S/C19H22N4O/c1-22(14-16-6-5-9-18-19(16)21-24-20-18)12-15-10-11-23(13-15)17-7-3-2-4-8-17/h2-9,15H,10-14H2,1H3. The van der Waals surface area contributed by atoms with E-state index in [9.17, 15) is 0 Å². The highest BCUT2D eigenvalue weighted by atomic mass is 16.6. The lowest BCUT2D eigenvalue weighted by molar-refractivity contribution is 0.279. The summed E-state index contributed by atoms with van der Waals surface area (Å²) in [5, 5.41) is 7.96. The van der Waals surface area contributed by atoms with Gasteiger partial charge in [-0.3, -0.25) is 0 Å². The predicted octanol–water partition coefficient (Wildman–Crippen LogP) is 3.18. The topological polar surface area (TPSA) is 45.4 Å². The second-order valence-electron chi connectivity index (χ2n) is 6.68. The molecule has 1 aliphatic rings. The van der Waals surface area contributed by atoms with Gasteiger partial charge in [0.25, 0.3) is 0 Å². The highest BCUT2D eigenvalue weighted by Crippen LogP contribution is 2.24. The Morgan fingerprint density at radius 2 is 2.00 bits per heavy atom. The van der Waals surface area contributed by atoms with E-state index >= 15 is 0 Å². The van der Waals surface area contributed by atoms with Gasteiger partial charge in [-0.25, -0.2) is 4.63 Å². The van der Waals surface area contributed by atoms with Crippen LogP contribution >= 0.6 is 0 Å². The number of hydrogen-bond donors (Lipinski definition) is 0. The van der Waals surface area contributed by atoms with Crippen molar-refractivity contribution in [1.29, 1.82) is 0 Å². The van der Waals surface area contributed by atoms with Crippen molar-refractivity contribution >= 4 is 16.7 Å². The van der Waals surface area contributed by atoms with Crippen LogP contribution in [0.5, 0.6) is 0 Å². The van der Waals surface area contributed by atoms with Crippen LogP contribution in [0, 0.1) is 5.92 Å². The Bertz CT molecular complexity index is 801. The molecule has 0 amide bonds. The van der Waals surface area contributed by atoms with Crippen molar-refractivity contribution in [3.8, 4) is 0 Å². The van der Waals surface area contributed by atoms with Crippen LogP contribution in [0.1, 0.15) is 12.0 Å². The Hall–Kier alpha value is -2.40. The zero-order valence-corrected chi connectivity index (χ0v) is 13.9. The third kappa shape index (κ3) is 3.12. The van der Waals surface area contributed by atoms with Crippen LogP contribution in [0.25, 0.3) is 11.0 Å². The summed E-state index contributed by atoms with van der Waals surface area (Å²) in [7, 11) is 2.18. The van der Waals surface area contributed by atoms with Crippen molar-refractivity contribution in [2.75, 3.05) is 31.6 Å². The van der Waals surface area contributed by atoms with Crippen molar-refractivity contribution in [1.82, 2.24) is 15.2 Å². The first-order valence-corrected chi connectivity index (χ1v) is 8.48. The third-order valence-corrected chi connectivity index (χ3v) is 4.79. The van der Waals surface area contributed by atoms with Gasteiger partial charge in [0.15, 0.2) is 0 Å². The van der Waals surface area contributed by atoms with Crippen molar-refractivity contribution < 1.29 is 4.63 Å². The molecule has 2 heterocycles. The third-order valence-electron chi connectivity index (χ3n) is 4.79. The summed E-state index contributed by atoms with van der Waals surface area (Å²) in [4.78, 5) is 4.86. The minimum Gasteiger partial charge on any atom is -0.371 e. The van der Waals surface area contributed by atoms with E-state index in [0.29, 0.717) is 5.92 Å². The smallest absolute Gasteiger partial charge is 0.139 e. The summed E-state index contributed by atoms with van der Waals surface area (Å²) in [6, 6.07) is 16.8. The van der Waals surface area contributed by atoms with Gasteiger partial charge in [0, 0.05) is 31.9 Å². The predicted molar refractivity (Wildman–Crippen MR) is 94.9 cm³/mol. The molecule has 1 atom stereocenters. The molecule has 0 bridgehead atoms. The molecule has 5 heteroatoms. The van der Waals surface area contributed by atoms with E-state index in [-0.39, 0.29) is 0 Å². The monoisotopic (exact) mass is 322 g/mol. The fraction of sp³-hybridized carbons (Fsp3) is 0.368. The molecule has 0 radical (unpaired) electrons. The molecular formula is C19H22N4O.